The molecule has 0 spiro atoms. The Balaban J connectivity index is 2.88. The molecule has 0 radical (unpaired) electrons. The molecule has 0 heterocycles. The molecule has 0 saturated heterocycles. The van der Waals surface area contributed by atoms with E-state index >= 15 is 0 Å². The first-order valence-corrected chi connectivity index (χ1v) is 5.39. The molecule has 0 N–H and O–H groups in total. The summed E-state index contributed by atoms with van der Waals surface area (Å²) in [5.41, 5.74) is 1.41. The zero-order valence-electron chi connectivity index (χ0n) is 18.9. The average Bonchev–Trinajstić information content (AvgIpc) is 2.44. The molecule has 0 saturated carbocycles. The monoisotopic (exact) mass is 233 g/mol. The van der Waals surface area contributed by atoms with E-state index in [1.165, 1.54) is 25.1 Å². The van der Waals surface area contributed by atoms with Crippen molar-refractivity contribution in [1.82, 2.24) is 0 Å². The summed E-state index contributed by atoms with van der Waals surface area (Å²) in [6.07, 6.45) is 0. The molecule has 2 rings (SSSR count). The highest BCUT2D eigenvalue weighted by molar-refractivity contribution is 5.69. The van der Waals surface area contributed by atoms with Crippen LogP contribution in [0.3, 0.4) is 0 Å². The van der Waals surface area contributed by atoms with Crippen LogP contribution in [0.2, 0.25) is 0 Å². The molecule has 2 aromatic rings. The molecule has 0 heteroatoms. The summed E-state index contributed by atoms with van der Waals surface area (Å²) in [7, 11) is 0. The molecular weight excluding hydrogens is 204 g/mol. The minimum atomic E-state index is -2.51. The van der Waals surface area contributed by atoms with Crippen LogP contribution in [0, 0.1) is 34.4 Å². The lowest BCUT2D eigenvalue weighted by atomic mass is 9.93. The normalized spacial score (nSPS) is 20.7. The molecule has 0 unspecified atom stereocenters. The van der Waals surface area contributed by atoms with Gasteiger partial charge in [0.2, 0.25) is 0 Å². The van der Waals surface area contributed by atoms with Gasteiger partial charge in [0.25, 0.3) is 0 Å². The fourth-order valence-electron chi connectivity index (χ4n) is 1.78. The lowest BCUT2D eigenvalue weighted by Gasteiger charge is -2.12. The summed E-state index contributed by atoms with van der Waals surface area (Å²) in [6, 6.07) is 7.57. The van der Waals surface area contributed by atoms with Crippen molar-refractivity contribution in [3.05, 3.63) is 58.1 Å². The number of benzene rings is 2. The van der Waals surface area contributed by atoms with E-state index in [0.29, 0.717) is 5.56 Å². The maximum absolute atomic E-state index is 7.77. The van der Waals surface area contributed by atoms with Crippen molar-refractivity contribution in [2.24, 2.45) is 0 Å². The second-order valence-corrected chi connectivity index (χ2v) is 4.25. The van der Waals surface area contributed by atoms with E-state index < -0.39 is 20.6 Å². The zero-order chi connectivity index (χ0) is 20.1. The van der Waals surface area contributed by atoms with Crippen molar-refractivity contribution >= 4 is 0 Å². The molecule has 0 aliphatic carbocycles. The van der Waals surface area contributed by atoms with E-state index in [1.54, 1.807) is 19.1 Å². The zero-order valence-corrected chi connectivity index (χ0v) is 9.89. The second-order valence-electron chi connectivity index (χ2n) is 4.25. The first-order chi connectivity index (χ1) is 11.6. The Hall–Kier alpha value is -1.56. The van der Waals surface area contributed by atoms with Gasteiger partial charge in [0.15, 0.2) is 0 Å². The van der Waals surface area contributed by atoms with Crippen LogP contribution in [0.5, 0.6) is 0 Å². The third-order valence-electron chi connectivity index (χ3n) is 2.89. The number of hydrogen-bond acceptors (Lipinski definition) is 0. The van der Waals surface area contributed by atoms with Crippen molar-refractivity contribution in [1.29, 1.82) is 0 Å². The molecule has 0 atom stereocenters. The number of aryl methyl sites for hydroxylation is 4. The highest BCUT2D eigenvalue weighted by atomic mass is 14.1. The van der Waals surface area contributed by atoms with E-state index in [9.17, 15) is 0 Å². The van der Waals surface area contributed by atoms with Crippen molar-refractivity contribution in [2.75, 3.05) is 0 Å². The van der Waals surface area contributed by atoms with Crippen molar-refractivity contribution < 1.29 is 12.3 Å². The Morgan fingerprint density at radius 1 is 0.824 bits per heavy atom. The van der Waals surface area contributed by atoms with E-state index in [-0.39, 0.29) is 27.8 Å². The van der Waals surface area contributed by atoms with Crippen LogP contribution in [-0.4, -0.2) is 0 Å². The molecule has 2 aromatic carbocycles. The highest BCUT2D eigenvalue weighted by Gasteiger charge is 2.05. The molecule has 0 fully saturated rings. The van der Waals surface area contributed by atoms with E-state index in [1.807, 2.05) is 0 Å². The second kappa shape index (κ2) is 4.37. The van der Waals surface area contributed by atoms with Gasteiger partial charge in [-0.25, -0.2) is 0 Å². The Bertz CT molecular complexity index is 789. The molecule has 0 bridgehead atoms. The van der Waals surface area contributed by atoms with Gasteiger partial charge in [-0.1, -0.05) is 35.9 Å². The lowest BCUT2D eigenvalue weighted by molar-refractivity contribution is 1.26. The first kappa shape index (κ1) is 4.97. The summed E-state index contributed by atoms with van der Waals surface area (Å²) in [4.78, 5) is 0. The fourth-order valence-corrected chi connectivity index (χ4v) is 1.78. The highest BCUT2D eigenvalue weighted by Crippen LogP contribution is 2.27. The molecule has 0 aliphatic rings. The predicted octanol–water partition coefficient (Wildman–Crippen LogP) is 4.90. The van der Waals surface area contributed by atoms with Crippen molar-refractivity contribution in [3.8, 4) is 11.1 Å². The summed E-state index contributed by atoms with van der Waals surface area (Å²) >= 11 is 0. The summed E-state index contributed by atoms with van der Waals surface area (Å²) < 4.78 is 69.6. The van der Waals surface area contributed by atoms with E-state index in [4.69, 9.17) is 12.3 Å². The summed E-state index contributed by atoms with van der Waals surface area (Å²) in [5.74, 6) is 0. The van der Waals surface area contributed by atoms with Gasteiger partial charge >= 0.3 is 0 Å². The van der Waals surface area contributed by atoms with Gasteiger partial charge in [-0.05, 0) is 67.8 Å². The van der Waals surface area contributed by atoms with Crippen molar-refractivity contribution in [3.63, 3.8) is 0 Å². The standard InChI is InChI=1S/C17H20/c1-11-6-7-17(14(4)8-11)16-9-12(2)15(5)13(3)10-16/h6-10H,1-5H3/i2D3,3D3,4D3. The molecule has 0 nitrogen and oxygen atoms in total. The van der Waals surface area contributed by atoms with Gasteiger partial charge in [0.1, 0.15) is 0 Å². The van der Waals surface area contributed by atoms with Crippen LogP contribution in [0.4, 0.5) is 0 Å². The van der Waals surface area contributed by atoms with Crippen LogP contribution < -0.4 is 0 Å². The Kier molecular flexibility index (Phi) is 1.28. The van der Waals surface area contributed by atoms with E-state index in [2.05, 4.69) is 0 Å². The van der Waals surface area contributed by atoms with E-state index in [0.717, 1.165) is 5.56 Å². The van der Waals surface area contributed by atoms with Gasteiger partial charge in [0, 0.05) is 12.3 Å². The molecular formula is C17H20. The summed E-state index contributed by atoms with van der Waals surface area (Å²) in [6.45, 7) is -4.20. The largest absolute Gasteiger partial charge is 0.0587 e. The minimum absolute atomic E-state index is 0.0642. The van der Waals surface area contributed by atoms with Gasteiger partial charge < -0.3 is 0 Å². The van der Waals surface area contributed by atoms with Crippen LogP contribution in [0.1, 0.15) is 40.2 Å². The predicted molar refractivity (Wildman–Crippen MR) is 75.6 cm³/mol. The smallest absolute Gasteiger partial charge is 0.0280 e. The first-order valence-electron chi connectivity index (χ1n) is 9.89. The molecule has 0 aromatic heterocycles. The Morgan fingerprint density at radius 3 is 2.06 bits per heavy atom. The van der Waals surface area contributed by atoms with Gasteiger partial charge in [-0.2, -0.15) is 0 Å². The number of rotatable bonds is 1. The molecule has 17 heavy (non-hydrogen) atoms. The van der Waals surface area contributed by atoms with Crippen LogP contribution in [-0.2, 0) is 0 Å². The quantitative estimate of drug-likeness (QED) is 0.657. The van der Waals surface area contributed by atoms with Gasteiger partial charge in [-0.15, -0.1) is 0 Å². The lowest BCUT2D eigenvalue weighted by Crippen LogP contribution is -1.90. The maximum Gasteiger partial charge on any atom is 0.0280 e. The van der Waals surface area contributed by atoms with Crippen molar-refractivity contribution in [2.45, 2.75) is 34.4 Å². The minimum Gasteiger partial charge on any atom is -0.0587 e. The number of hydrogen-bond donors (Lipinski definition) is 0. The Labute approximate surface area is 117 Å². The van der Waals surface area contributed by atoms with Crippen LogP contribution in [0.15, 0.2) is 30.3 Å². The fraction of sp³-hybridized carbons (Fsp3) is 0.294. The van der Waals surface area contributed by atoms with Gasteiger partial charge in [0.05, 0.1) is 0 Å². The van der Waals surface area contributed by atoms with Crippen LogP contribution >= 0.6 is 0 Å². The third kappa shape index (κ3) is 2.26. The molecule has 0 aliphatic heterocycles. The van der Waals surface area contributed by atoms with Gasteiger partial charge in [-0.3, -0.25) is 0 Å². The maximum atomic E-state index is 7.77. The molecule has 88 valence electrons. The molecule has 0 amide bonds. The summed E-state index contributed by atoms with van der Waals surface area (Å²) in [5, 5.41) is 0. The SMILES string of the molecule is [2H]C([2H])([2H])c1cc(C)ccc1-c1cc(C([2H])([2H])[2H])c(C)c(C([2H])([2H])[2H])c1. The van der Waals surface area contributed by atoms with Crippen LogP contribution in [0.25, 0.3) is 11.1 Å². The third-order valence-corrected chi connectivity index (χ3v) is 2.89. The topological polar surface area (TPSA) is 0 Å². The average molecular weight is 233 g/mol. The Morgan fingerprint density at radius 2 is 1.47 bits per heavy atom.